The molecular weight excluding hydrogens is 392 g/mol. The number of benzene rings is 2. The van der Waals surface area contributed by atoms with Crippen molar-refractivity contribution in [3.63, 3.8) is 0 Å². The molecule has 7 nitrogen and oxygen atoms in total. The zero-order valence-electron chi connectivity index (χ0n) is 17.5. The summed E-state index contributed by atoms with van der Waals surface area (Å²) in [6.07, 6.45) is 0. The Bertz CT molecular complexity index is 1060. The molecule has 158 valence electrons. The second-order valence-corrected chi connectivity index (χ2v) is 6.53. The lowest BCUT2D eigenvalue weighted by Crippen LogP contribution is -2.24. The zero-order valence-corrected chi connectivity index (χ0v) is 17.5. The minimum absolute atomic E-state index is 0.122. The number of carbonyl (C=O) groups excluding carboxylic acids is 1. The number of nitriles is 1. The Labute approximate surface area is 181 Å². The highest BCUT2D eigenvalue weighted by Crippen LogP contribution is 2.28. The highest BCUT2D eigenvalue weighted by atomic mass is 16.5. The summed E-state index contributed by atoms with van der Waals surface area (Å²) in [4.78, 5) is 17.1. The van der Waals surface area contributed by atoms with Gasteiger partial charge < -0.3 is 20.1 Å². The van der Waals surface area contributed by atoms with Gasteiger partial charge in [-0.15, -0.1) is 0 Å². The third-order valence-electron chi connectivity index (χ3n) is 4.35. The van der Waals surface area contributed by atoms with Crippen LogP contribution in [0.15, 0.2) is 60.7 Å². The molecule has 0 unspecified atom stereocenters. The van der Waals surface area contributed by atoms with Crippen molar-refractivity contribution in [2.24, 2.45) is 0 Å². The van der Waals surface area contributed by atoms with Crippen molar-refractivity contribution in [3.8, 4) is 17.7 Å². The first-order valence-electron chi connectivity index (χ1n) is 10.0. The Morgan fingerprint density at radius 3 is 2.39 bits per heavy atom. The molecule has 2 aromatic carbocycles. The molecule has 0 saturated heterocycles. The van der Waals surface area contributed by atoms with E-state index in [1.165, 1.54) is 0 Å². The van der Waals surface area contributed by atoms with E-state index in [1.54, 1.807) is 13.0 Å². The summed E-state index contributed by atoms with van der Waals surface area (Å²) in [5.74, 6) is 0.539. The SMILES string of the molecule is CCOc1ccc(CNC(=O)c2cc(Nc3ccccc3)c(C#N)c(OCC)n2)cc1. The van der Waals surface area contributed by atoms with Gasteiger partial charge in [-0.3, -0.25) is 4.79 Å². The number of ether oxygens (including phenoxy) is 2. The van der Waals surface area contributed by atoms with E-state index in [2.05, 4.69) is 21.7 Å². The van der Waals surface area contributed by atoms with E-state index in [4.69, 9.17) is 9.47 Å². The molecule has 0 aliphatic rings. The number of rotatable bonds is 9. The van der Waals surface area contributed by atoms with Crippen LogP contribution in [0.1, 0.15) is 35.5 Å². The van der Waals surface area contributed by atoms with Gasteiger partial charge in [-0.2, -0.15) is 5.26 Å². The first-order chi connectivity index (χ1) is 15.1. The molecule has 0 radical (unpaired) electrons. The number of para-hydroxylation sites is 1. The predicted molar refractivity (Wildman–Crippen MR) is 119 cm³/mol. The summed E-state index contributed by atoms with van der Waals surface area (Å²) in [6.45, 7) is 4.98. The van der Waals surface area contributed by atoms with E-state index in [9.17, 15) is 10.1 Å². The fraction of sp³-hybridized carbons (Fsp3) is 0.208. The largest absolute Gasteiger partial charge is 0.494 e. The Balaban J connectivity index is 1.81. The van der Waals surface area contributed by atoms with Crippen LogP contribution in [0.3, 0.4) is 0 Å². The maximum Gasteiger partial charge on any atom is 0.270 e. The Kier molecular flexibility index (Phi) is 7.44. The van der Waals surface area contributed by atoms with Crippen molar-refractivity contribution >= 4 is 17.3 Å². The molecule has 31 heavy (non-hydrogen) atoms. The van der Waals surface area contributed by atoms with Gasteiger partial charge in [-0.1, -0.05) is 30.3 Å². The van der Waals surface area contributed by atoms with Gasteiger partial charge in [-0.25, -0.2) is 4.98 Å². The van der Waals surface area contributed by atoms with Crippen LogP contribution in [0, 0.1) is 11.3 Å². The summed E-state index contributed by atoms with van der Waals surface area (Å²) in [6, 6.07) is 20.6. The van der Waals surface area contributed by atoms with E-state index < -0.39 is 0 Å². The number of amides is 1. The highest BCUT2D eigenvalue weighted by molar-refractivity contribution is 5.94. The minimum atomic E-state index is -0.365. The number of nitrogens with zero attached hydrogens (tertiary/aromatic N) is 2. The van der Waals surface area contributed by atoms with Crippen molar-refractivity contribution in [1.29, 1.82) is 5.26 Å². The third-order valence-corrected chi connectivity index (χ3v) is 4.35. The van der Waals surface area contributed by atoms with Gasteiger partial charge in [0.1, 0.15) is 23.1 Å². The van der Waals surface area contributed by atoms with Crippen molar-refractivity contribution < 1.29 is 14.3 Å². The van der Waals surface area contributed by atoms with Gasteiger partial charge in [0.05, 0.1) is 18.9 Å². The lowest BCUT2D eigenvalue weighted by molar-refractivity contribution is 0.0945. The predicted octanol–water partition coefficient (Wildman–Crippen LogP) is 4.42. The molecule has 0 fully saturated rings. The Hall–Kier alpha value is -4.05. The van der Waals surface area contributed by atoms with Gasteiger partial charge >= 0.3 is 0 Å². The molecule has 7 heteroatoms. The van der Waals surface area contributed by atoms with Crippen LogP contribution in [0.2, 0.25) is 0 Å². The minimum Gasteiger partial charge on any atom is -0.494 e. The van der Waals surface area contributed by atoms with Crippen molar-refractivity contribution in [2.45, 2.75) is 20.4 Å². The second kappa shape index (κ2) is 10.6. The van der Waals surface area contributed by atoms with Gasteiger partial charge in [0.2, 0.25) is 5.88 Å². The number of hydrogen-bond acceptors (Lipinski definition) is 6. The molecule has 3 rings (SSSR count). The molecule has 1 amide bonds. The molecule has 3 aromatic rings. The number of nitrogens with one attached hydrogen (secondary N) is 2. The monoisotopic (exact) mass is 416 g/mol. The third kappa shape index (κ3) is 5.73. The van der Waals surface area contributed by atoms with Crippen LogP contribution < -0.4 is 20.1 Å². The van der Waals surface area contributed by atoms with Crippen LogP contribution in [0.25, 0.3) is 0 Å². The van der Waals surface area contributed by atoms with E-state index in [-0.39, 0.29) is 23.0 Å². The van der Waals surface area contributed by atoms with E-state index in [1.807, 2.05) is 61.5 Å². The molecule has 0 spiro atoms. The highest BCUT2D eigenvalue weighted by Gasteiger charge is 2.18. The van der Waals surface area contributed by atoms with Crippen LogP contribution in [0.5, 0.6) is 11.6 Å². The van der Waals surface area contributed by atoms with Crippen LogP contribution in [-0.4, -0.2) is 24.1 Å². The molecule has 0 saturated carbocycles. The average molecular weight is 416 g/mol. The first-order valence-corrected chi connectivity index (χ1v) is 10.0. The number of aromatic nitrogens is 1. The number of carbonyl (C=O) groups is 1. The van der Waals surface area contributed by atoms with E-state index in [0.717, 1.165) is 17.0 Å². The number of hydrogen-bond donors (Lipinski definition) is 2. The standard InChI is InChI=1S/C24H24N4O3/c1-3-30-19-12-10-17(11-13-19)16-26-23(29)22-14-21(27-18-8-6-5-7-9-18)20(15-25)24(28-22)31-4-2/h5-14H,3-4,16H2,1-2H3,(H,26,29)(H,27,28). The van der Waals surface area contributed by atoms with E-state index in [0.29, 0.717) is 25.4 Å². The average Bonchev–Trinajstić information content (AvgIpc) is 2.79. The van der Waals surface area contributed by atoms with Crippen LogP contribution >= 0.6 is 0 Å². The number of pyridine rings is 1. The summed E-state index contributed by atoms with van der Waals surface area (Å²) >= 11 is 0. The zero-order chi connectivity index (χ0) is 22.1. The molecule has 2 N–H and O–H groups in total. The van der Waals surface area contributed by atoms with Crippen molar-refractivity contribution in [1.82, 2.24) is 10.3 Å². The maximum atomic E-state index is 12.8. The van der Waals surface area contributed by atoms with Gasteiger partial charge in [-0.05, 0) is 49.7 Å². The first kappa shape index (κ1) is 21.7. The molecular formula is C24H24N4O3. The van der Waals surface area contributed by atoms with Crippen molar-refractivity contribution in [2.75, 3.05) is 18.5 Å². The lowest BCUT2D eigenvalue weighted by Gasteiger charge is -2.14. The molecule has 1 heterocycles. The van der Waals surface area contributed by atoms with Crippen LogP contribution in [0.4, 0.5) is 11.4 Å². The summed E-state index contributed by atoms with van der Waals surface area (Å²) in [7, 11) is 0. The van der Waals surface area contributed by atoms with Gasteiger partial charge in [0, 0.05) is 12.2 Å². The van der Waals surface area contributed by atoms with Gasteiger partial charge in [0.25, 0.3) is 5.91 Å². The summed E-state index contributed by atoms with van der Waals surface area (Å²) in [5, 5.41) is 15.7. The Morgan fingerprint density at radius 2 is 1.74 bits per heavy atom. The molecule has 0 aliphatic heterocycles. The maximum absolute atomic E-state index is 12.8. The van der Waals surface area contributed by atoms with Crippen molar-refractivity contribution in [3.05, 3.63) is 77.5 Å². The normalized spacial score (nSPS) is 10.1. The fourth-order valence-electron chi connectivity index (χ4n) is 2.91. The molecule has 1 aromatic heterocycles. The topological polar surface area (TPSA) is 96.3 Å². The molecule has 0 bridgehead atoms. The van der Waals surface area contributed by atoms with Crippen LogP contribution in [-0.2, 0) is 6.54 Å². The summed E-state index contributed by atoms with van der Waals surface area (Å²) in [5.41, 5.74) is 2.57. The molecule has 0 atom stereocenters. The summed E-state index contributed by atoms with van der Waals surface area (Å²) < 4.78 is 11.0. The quantitative estimate of drug-likeness (QED) is 0.536. The lowest BCUT2D eigenvalue weighted by atomic mass is 10.1. The number of anilines is 2. The fourth-order valence-corrected chi connectivity index (χ4v) is 2.91. The second-order valence-electron chi connectivity index (χ2n) is 6.53. The Morgan fingerprint density at radius 1 is 1.03 bits per heavy atom. The molecule has 0 aliphatic carbocycles. The van der Waals surface area contributed by atoms with E-state index >= 15 is 0 Å². The van der Waals surface area contributed by atoms with Gasteiger partial charge in [0.15, 0.2) is 0 Å². The smallest absolute Gasteiger partial charge is 0.270 e.